The molecular formula is C32H36O8. The van der Waals surface area contributed by atoms with Gasteiger partial charge < -0.3 is 33.5 Å². The monoisotopic (exact) mass is 548 g/mol. The Morgan fingerprint density at radius 2 is 1.38 bits per heavy atom. The third kappa shape index (κ3) is 5.45. The summed E-state index contributed by atoms with van der Waals surface area (Å²) in [6.45, 7) is 3.80. The molecule has 8 nitrogen and oxygen atoms in total. The van der Waals surface area contributed by atoms with Crippen LogP contribution in [-0.2, 0) is 17.6 Å². The Morgan fingerprint density at radius 3 is 1.95 bits per heavy atom. The summed E-state index contributed by atoms with van der Waals surface area (Å²) in [6.07, 6.45) is 3.80. The Kier molecular flexibility index (Phi) is 8.59. The number of benzene rings is 3. The minimum atomic E-state index is -1.07. The van der Waals surface area contributed by atoms with Crippen LogP contribution in [0.25, 0.3) is 17.2 Å². The lowest BCUT2D eigenvalue weighted by atomic mass is 9.75. The number of rotatable bonds is 8. The standard InChI is InChI=1S/C32H36O8/c1-19-15-21-16-23(35-3)29(38-6)31(40-25(33)14-13-20-11-9-8-10-12-20)26(21)27-22(18-32(19,2)34)17-24(36-4)28(37-5)30(27)39-7/h8-14,16-17,19,34H,15,18H2,1-7H3. The molecule has 0 fully saturated rings. The summed E-state index contributed by atoms with van der Waals surface area (Å²) >= 11 is 0. The van der Waals surface area contributed by atoms with Crippen LogP contribution in [0, 0.1) is 5.92 Å². The van der Waals surface area contributed by atoms with Gasteiger partial charge in [-0.1, -0.05) is 37.3 Å². The zero-order chi connectivity index (χ0) is 29.0. The van der Waals surface area contributed by atoms with Gasteiger partial charge in [0.2, 0.25) is 11.5 Å². The fourth-order valence-electron chi connectivity index (χ4n) is 5.14. The van der Waals surface area contributed by atoms with Crippen molar-refractivity contribution < 1.29 is 38.3 Å². The van der Waals surface area contributed by atoms with Gasteiger partial charge in [-0.3, -0.25) is 0 Å². The maximum absolute atomic E-state index is 13.2. The number of ether oxygens (including phenoxy) is 6. The van der Waals surface area contributed by atoms with Crippen LogP contribution in [0.15, 0.2) is 48.5 Å². The van der Waals surface area contributed by atoms with Crippen LogP contribution in [-0.4, -0.2) is 52.2 Å². The lowest BCUT2D eigenvalue weighted by Gasteiger charge is -2.36. The van der Waals surface area contributed by atoms with Crippen molar-refractivity contribution in [2.45, 2.75) is 32.3 Å². The first-order valence-electron chi connectivity index (χ1n) is 13.0. The number of esters is 1. The van der Waals surface area contributed by atoms with E-state index in [0.717, 1.165) is 16.7 Å². The SMILES string of the molecule is COc1cc2c(c(OC)c1OC)-c1c(cc(OC)c(OC)c1OC(=O)C=Cc1ccccc1)CC(C)C(C)(O)C2. The second-order valence-corrected chi connectivity index (χ2v) is 9.96. The highest BCUT2D eigenvalue weighted by Crippen LogP contribution is 2.56. The average Bonchev–Trinajstić information content (AvgIpc) is 2.95. The van der Waals surface area contributed by atoms with E-state index in [1.165, 1.54) is 34.5 Å². The first-order chi connectivity index (χ1) is 19.2. The zero-order valence-corrected chi connectivity index (χ0v) is 24.0. The number of carbonyl (C=O) groups excluding carboxylic acids is 1. The molecule has 1 aliphatic carbocycles. The van der Waals surface area contributed by atoms with Crippen molar-refractivity contribution in [1.82, 2.24) is 0 Å². The molecule has 212 valence electrons. The van der Waals surface area contributed by atoms with Crippen LogP contribution in [0.3, 0.4) is 0 Å². The highest BCUT2D eigenvalue weighted by Gasteiger charge is 2.38. The van der Waals surface area contributed by atoms with Gasteiger partial charge in [0.1, 0.15) is 0 Å². The number of hydrogen-bond acceptors (Lipinski definition) is 8. The van der Waals surface area contributed by atoms with Gasteiger partial charge in [-0.15, -0.1) is 0 Å². The first kappa shape index (κ1) is 28.8. The van der Waals surface area contributed by atoms with Crippen molar-refractivity contribution >= 4 is 12.0 Å². The van der Waals surface area contributed by atoms with Crippen LogP contribution in [0.4, 0.5) is 0 Å². The van der Waals surface area contributed by atoms with Crippen molar-refractivity contribution in [2.75, 3.05) is 35.5 Å². The van der Waals surface area contributed by atoms with Crippen LogP contribution >= 0.6 is 0 Å². The molecule has 1 aliphatic rings. The van der Waals surface area contributed by atoms with E-state index in [9.17, 15) is 9.90 Å². The van der Waals surface area contributed by atoms with E-state index in [1.54, 1.807) is 13.2 Å². The Bertz CT molecular complexity index is 1410. The fraction of sp³-hybridized carbons (Fsp3) is 0.344. The minimum absolute atomic E-state index is 0.168. The smallest absolute Gasteiger partial charge is 0.336 e. The summed E-state index contributed by atoms with van der Waals surface area (Å²) in [4.78, 5) is 13.2. The van der Waals surface area contributed by atoms with Gasteiger partial charge in [-0.05, 0) is 54.2 Å². The van der Waals surface area contributed by atoms with E-state index in [0.29, 0.717) is 40.5 Å². The molecule has 3 aromatic rings. The maximum atomic E-state index is 13.2. The highest BCUT2D eigenvalue weighted by molar-refractivity contribution is 5.94. The Morgan fingerprint density at radius 1 is 0.825 bits per heavy atom. The molecule has 1 N–H and O–H groups in total. The number of methoxy groups -OCH3 is 5. The molecule has 0 spiro atoms. The molecule has 0 bridgehead atoms. The molecule has 8 heteroatoms. The van der Waals surface area contributed by atoms with E-state index < -0.39 is 11.6 Å². The van der Waals surface area contributed by atoms with E-state index in [-0.39, 0.29) is 23.8 Å². The van der Waals surface area contributed by atoms with E-state index >= 15 is 0 Å². The average molecular weight is 549 g/mol. The van der Waals surface area contributed by atoms with Crippen molar-refractivity contribution in [2.24, 2.45) is 5.92 Å². The van der Waals surface area contributed by atoms with Crippen molar-refractivity contribution in [3.63, 3.8) is 0 Å². The molecule has 40 heavy (non-hydrogen) atoms. The molecule has 0 aliphatic heterocycles. The molecule has 3 aromatic carbocycles. The normalized spacial score (nSPS) is 18.1. The lowest BCUT2D eigenvalue weighted by molar-refractivity contribution is -0.129. The predicted octanol–water partition coefficient (Wildman–Crippen LogP) is 5.50. The molecule has 0 heterocycles. The summed E-state index contributed by atoms with van der Waals surface area (Å²) in [5.41, 5.74) is 2.50. The summed E-state index contributed by atoms with van der Waals surface area (Å²) in [6, 6.07) is 13.1. The molecule has 0 saturated heterocycles. The van der Waals surface area contributed by atoms with Gasteiger partial charge in [-0.25, -0.2) is 4.79 Å². The summed E-state index contributed by atoms with van der Waals surface area (Å²) in [7, 11) is 7.62. The maximum Gasteiger partial charge on any atom is 0.336 e. The second-order valence-electron chi connectivity index (χ2n) is 9.96. The lowest BCUT2D eigenvalue weighted by Crippen LogP contribution is -2.37. The van der Waals surface area contributed by atoms with Gasteiger partial charge in [-0.2, -0.15) is 0 Å². The molecule has 0 aromatic heterocycles. The molecule has 0 saturated carbocycles. The Hall–Kier alpha value is -4.17. The summed E-state index contributed by atoms with van der Waals surface area (Å²) in [5.74, 6) is 1.27. The number of carbonyl (C=O) groups is 1. The van der Waals surface area contributed by atoms with Crippen LogP contribution in [0.2, 0.25) is 0 Å². The Labute approximate surface area is 235 Å². The molecule has 2 unspecified atom stereocenters. The second kappa shape index (κ2) is 11.9. The highest BCUT2D eigenvalue weighted by atomic mass is 16.6. The summed E-state index contributed by atoms with van der Waals surface area (Å²) in [5, 5.41) is 11.5. The zero-order valence-electron chi connectivity index (χ0n) is 24.0. The summed E-state index contributed by atoms with van der Waals surface area (Å²) < 4.78 is 34.7. The van der Waals surface area contributed by atoms with Crippen LogP contribution in [0.1, 0.15) is 30.5 Å². The fourth-order valence-corrected chi connectivity index (χ4v) is 5.14. The Balaban J connectivity index is 2.04. The molecule has 4 rings (SSSR count). The largest absolute Gasteiger partial charge is 0.493 e. The van der Waals surface area contributed by atoms with E-state index in [4.69, 9.17) is 28.4 Å². The molecular weight excluding hydrogens is 512 g/mol. The van der Waals surface area contributed by atoms with E-state index in [2.05, 4.69) is 0 Å². The molecule has 0 amide bonds. The first-order valence-corrected chi connectivity index (χ1v) is 13.0. The van der Waals surface area contributed by atoms with Gasteiger partial charge in [0, 0.05) is 23.6 Å². The predicted molar refractivity (Wildman–Crippen MR) is 153 cm³/mol. The third-order valence-corrected chi connectivity index (χ3v) is 7.42. The van der Waals surface area contributed by atoms with Crippen LogP contribution < -0.4 is 28.4 Å². The van der Waals surface area contributed by atoms with Gasteiger partial charge in [0.05, 0.1) is 41.2 Å². The van der Waals surface area contributed by atoms with Crippen LogP contribution in [0.5, 0.6) is 34.5 Å². The number of aliphatic hydroxyl groups is 1. The van der Waals surface area contributed by atoms with Crippen molar-refractivity contribution in [3.05, 3.63) is 65.2 Å². The number of fused-ring (bicyclic) bond motifs is 3. The molecule has 2 atom stereocenters. The quantitative estimate of drug-likeness (QED) is 0.224. The van der Waals surface area contributed by atoms with E-state index in [1.807, 2.05) is 56.3 Å². The third-order valence-electron chi connectivity index (χ3n) is 7.42. The topological polar surface area (TPSA) is 92.7 Å². The van der Waals surface area contributed by atoms with Gasteiger partial charge >= 0.3 is 5.97 Å². The van der Waals surface area contributed by atoms with Gasteiger partial charge in [0.25, 0.3) is 0 Å². The van der Waals surface area contributed by atoms with Gasteiger partial charge in [0.15, 0.2) is 23.0 Å². The minimum Gasteiger partial charge on any atom is -0.493 e. The number of hydrogen-bond donors (Lipinski definition) is 1. The molecule has 0 radical (unpaired) electrons. The van der Waals surface area contributed by atoms with Crippen molar-refractivity contribution in [3.8, 4) is 45.6 Å². The van der Waals surface area contributed by atoms with Crippen molar-refractivity contribution in [1.29, 1.82) is 0 Å².